The number of aryl methyl sites for hydroxylation is 1. The highest BCUT2D eigenvalue weighted by atomic mass is 79.9. The van der Waals surface area contributed by atoms with E-state index in [2.05, 4.69) is 35.8 Å². The largest absolute Gasteiger partial charge is 0.330 e. The molecule has 15 heavy (non-hydrogen) atoms. The maximum Gasteiger partial charge on any atom is 0.107 e. The van der Waals surface area contributed by atoms with Crippen LogP contribution in [0.15, 0.2) is 10.5 Å². The third kappa shape index (κ3) is 4.43. The Kier molecular flexibility index (Phi) is 5.10. The molecule has 0 fully saturated rings. The van der Waals surface area contributed by atoms with E-state index in [4.69, 9.17) is 17.3 Å². The van der Waals surface area contributed by atoms with Crippen LogP contribution >= 0.6 is 38.9 Å². The van der Waals surface area contributed by atoms with Gasteiger partial charge in [-0.1, -0.05) is 25.4 Å². The lowest BCUT2D eigenvalue weighted by atomic mass is 9.84. The summed E-state index contributed by atoms with van der Waals surface area (Å²) in [5.74, 6) is 0. The summed E-state index contributed by atoms with van der Waals surface area (Å²) >= 11 is 11.1. The zero-order chi connectivity index (χ0) is 11.5. The summed E-state index contributed by atoms with van der Waals surface area (Å²) in [6, 6.07) is 2.12. The molecule has 0 aliphatic heterocycles. The summed E-state index contributed by atoms with van der Waals surface area (Å²) < 4.78 is 1.86. The van der Waals surface area contributed by atoms with E-state index in [1.165, 1.54) is 4.88 Å². The Morgan fingerprint density at radius 1 is 1.47 bits per heavy atom. The number of hydrogen-bond donors (Lipinski definition) is 1. The molecule has 0 aliphatic carbocycles. The zero-order valence-electron chi connectivity index (χ0n) is 9.15. The molecule has 0 spiro atoms. The number of rotatable bonds is 5. The van der Waals surface area contributed by atoms with Gasteiger partial charge in [0, 0.05) is 9.35 Å². The van der Waals surface area contributed by atoms with Crippen molar-refractivity contribution in [1.82, 2.24) is 0 Å². The van der Waals surface area contributed by atoms with Gasteiger partial charge < -0.3 is 5.73 Å². The summed E-state index contributed by atoms with van der Waals surface area (Å²) in [7, 11) is 0. The van der Waals surface area contributed by atoms with E-state index >= 15 is 0 Å². The Bertz CT molecular complexity index is 303. The van der Waals surface area contributed by atoms with Crippen LogP contribution in [0.4, 0.5) is 0 Å². The van der Waals surface area contributed by atoms with Gasteiger partial charge in [-0.05, 0) is 53.2 Å². The second kappa shape index (κ2) is 5.67. The predicted octanol–water partition coefficient (Wildman–Crippen LogP) is 4.47. The van der Waals surface area contributed by atoms with Crippen molar-refractivity contribution in [2.45, 2.75) is 33.1 Å². The predicted molar refractivity (Wildman–Crippen MR) is 72.8 cm³/mol. The van der Waals surface area contributed by atoms with Crippen molar-refractivity contribution in [2.24, 2.45) is 11.1 Å². The van der Waals surface area contributed by atoms with E-state index in [9.17, 15) is 0 Å². The van der Waals surface area contributed by atoms with Crippen LogP contribution in [0.3, 0.4) is 0 Å². The fourth-order valence-corrected chi connectivity index (χ4v) is 3.28. The number of hydrogen-bond acceptors (Lipinski definition) is 2. The lowest BCUT2D eigenvalue weighted by Gasteiger charge is -2.23. The van der Waals surface area contributed by atoms with Gasteiger partial charge in [-0.15, -0.1) is 11.3 Å². The molecule has 86 valence electrons. The van der Waals surface area contributed by atoms with Gasteiger partial charge in [0.1, 0.15) is 4.34 Å². The summed E-state index contributed by atoms with van der Waals surface area (Å²) in [5, 5.41) is 0. The molecule has 2 N–H and O–H groups in total. The maximum absolute atomic E-state index is 5.99. The molecule has 1 aromatic rings. The smallest absolute Gasteiger partial charge is 0.107 e. The van der Waals surface area contributed by atoms with Crippen LogP contribution in [0.5, 0.6) is 0 Å². The Morgan fingerprint density at radius 3 is 2.60 bits per heavy atom. The molecule has 0 unspecified atom stereocenters. The van der Waals surface area contributed by atoms with E-state index in [-0.39, 0.29) is 0 Å². The van der Waals surface area contributed by atoms with Gasteiger partial charge in [0.15, 0.2) is 0 Å². The molecule has 1 heterocycles. The van der Waals surface area contributed by atoms with Gasteiger partial charge >= 0.3 is 0 Å². The third-order valence-electron chi connectivity index (χ3n) is 2.57. The van der Waals surface area contributed by atoms with Crippen LogP contribution < -0.4 is 5.73 Å². The van der Waals surface area contributed by atoms with Crippen LogP contribution in [0.1, 0.15) is 31.6 Å². The van der Waals surface area contributed by atoms with Gasteiger partial charge in [-0.2, -0.15) is 0 Å². The van der Waals surface area contributed by atoms with Gasteiger partial charge in [0.2, 0.25) is 0 Å². The first-order valence-electron chi connectivity index (χ1n) is 5.08. The van der Waals surface area contributed by atoms with Crippen molar-refractivity contribution in [1.29, 1.82) is 0 Å². The highest BCUT2D eigenvalue weighted by Crippen LogP contribution is 2.34. The van der Waals surface area contributed by atoms with E-state index in [1.54, 1.807) is 11.3 Å². The van der Waals surface area contributed by atoms with E-state index in [1.807, 2.05) is 0 Å². The van der Waals surface area contributed by atoms with Gasteiger partial charge in [-0.3, -0.25) is 0 Å². The Balaban J connectivity index is 2.49. The first kappa shape index (κ1) is 13.5. The molecule has 0 saturated heterocycles. The molecule has 0 atom stereocenters. The van der Waals surface area contributed by atoms with Gasteiger partial charge in [0.25, 0.3) is 0 Å². The van der Waals surface area contributed by atoms with Crippen molar-refractivity contribution < 1.29 is 0 Å². The average molecular weight is 311 g/mol. The quantitative estimate of drug-likeness (QED) is 0.853. The molecule has 1 nitrogen and oxygen atoms in total. The lowest BCUT2D eigenvalue weighted by molar-refractivity contribution is 0.314. The first-order valence-corrected chi connectivity index (χ1v) is 7.07. The maximum atomic E-state index is 5.99. The molecule has 0 aromatic carbocycles. The van der Waals surface area contributed by atoms with Crippen molar-refractivity contribution in [3.8, 4) is 0 Å². The number of thiophene rings is 1. The van der Waals surface area contributed by atoms with Crippen molar-refractivity contribution in [3.05, 3.63) is 19.8 Å². The van der Waals surface area contributed by atoms with E-state index in [0.717, 1.165) is 34.6 Å². The fraction of sp³-hybridized carbons (Fsp3) is 0.636. The number of nitrogens with two attached hydrogens (primary N) is 1. The van der Waals surface area contributed by atoms with Crippen LogP contribution in [0, 0.1) is 5.41 Å². The average Bonchev–Trinajstić information content (AvgIpc) is 2.44. The molecule has 0 aliphatic rings. The molecular formula is C11H17BrClNS. The second-order valence-electron chi connectivity index (χ2n) is 4.54. The minimum absolute atomic E-state index is 0.331. The highest BCUT2D eigenvalue weighted by Gasteiger charge is 2.17. The molecular weight excluding hydrogens is 294 g/mol. The monoisotopic (exact) mass is 309 g/mol. The zero-order valence-corrected chi connectivity index (χ0v) is 12.3. The highest BCUT2D eigenvalue weighted by molar-refractivity contribution is 9.10. The van der Waals surface area contributed by atoms with E-state index < -0.39 is 0 Å². The Hall–Kier alpha value is 0.430. The minimum atomic E-state index is 0.331. The third-order valence-corrected chi connectivity index (χ3v) is 5.10. The van der Waals surface area contributed by atoms with Crippen molar-refractivity contribution in [2.75, 3.05) is 6.54 Å². The molecule has 0 radical (unpaired) electrons. The van der Waals surface area contributed by atoms with Crippen LogP contribution in [-0.4, -0.2) is 6.54 Å². The normalized spacial score (nSPS) is 12.1. The van der Waals surface area contributed by atoms with Gasteiger partial charge in [-0.25, -0.2) is 0 Å². The molecule has 4 heteroatoms. The summed E-state index contributed by atoms with van der Waals surface area (Å²) in [5.41, 5.74) is 5.92. The molecule has 0 bridgehead atoms. The minimum Gasteiger partial charge on any atom is -0.330 e. The van der Waals surface area contributed by atoms with Crippen LogP contribution in [0.25, 0.3) is 0 Å². The molecule has 0 saturated carbocycles. The first-order chi connectivity index (χ1) is 6.94. The van der Waals surface area contributed by atoms with E-state index in [0.29, 0.717) is 5.41 Å². The standard InChI is InChI=1S/C11H17BrClNS/c1-11(2,5-6-14)4-3-8-7-9(12)10(13)15-8/h7H,3-6,14H2,1-2H3. The van der Waals surface area contributed by atoms with Crippen molar-refractivity contribution in [3.63, 3.8) is 0 Å². The van der Waals surface area contributed by atoms with Crippen LogP contribution in [-0.2, 0) is 6.42 Å². The van der Waals surface area contributed by atoms with Crippen molar-refractivity contribution >= 4 is 38.9 Å². The Labute approximate surface area is 109 Å². The summed E-state index contributed by atoms with van der Waals surface area (Å²) in [6.45, 7) is 5.30. The SMILES string of the molecule is CC(C)(CCN)CCc1cc(Br)c(Cl)s1. The van der Waals surface area contributed by atoms with Crippen LogP contribution in [0.2, 0.25) is 4.34 Å². The van der Waals surface area contributed by atoms with Gasteiger partial charge in [0.05, 0.1) is 0 Å². The number of halogens is 2. The lowest BCUT2D eigenvalue weighted by Crippen LogP contribution is -2.17. The topological polar surface area (TPSA) is 26.0 Å². The summed E-state index contributed by atoms with van der Waals surface area (Å²) in [4.78, 5) is 1.34. The fourth-order valence-electron chi connectivity index (χ4n) is 1.49. The molecule has 1 aromatic heterocycles. The molecule has 0 amide bonds. The summed E-state index contributed by atoms with van der Waals surface area (Å²) in [6.07, 6.45) is 3.32. The molecule has 1 rings (SSSR count). The Morgan fingerprint density at radius 2 is 2.13 bits per heavy atom. The second-order valence-corrected chi connectivity index (χ2v) is 7.13.